The summed E-state index contributed by atoms with van der Waals surface area (Å²) < 4.78 is 1.09. The zero-order valence-corrected chi connectivity index (χ0v) is 16.2. The lowest BCUT2D eigenvalue weighted by molar-refractivity contribution is 0.747. The van der Waals surface area contributed by atoms with Crippen LogP contribution in [0.4, 0.5) is 11.4 Å². The summed E-state index contributed by atoms with van der Waals surface area (Å²) in [6.07, 6.45) is 0. The number of rotatable bonds is 6. The minimum absolute atomic E-state index is 0.202. The first-order valence-electron chi connectivity index (χ1n) is 8.47. The summed E-state index contributed by atoms with van der Waals surface area (Å²) in [6.45, 7) is 2.99. The van der Waals surface area contributed by atoms with Crippen LogP contribution < -0.4 is 10.2 Å². The number of halogens is 1. The quantitative estimate of drug-likeness (QED) is 0.547. The van der Waals surface area contributed by atoms with Crippen LogP contribution in [-0.4, -0.2) is 13.6 Å². The average Bonchev–Trinajstić information content (AvgIpc) is 2.64. The Balaban J connectivity index is 1.81. The summed E-state index contributed by atoms with van der Waals surface area (Å²) in [7, 11) is 2.14. The molecule has 1 atom stereocenters. The van der Waals surface area contributed by atoms with Gasteiger partial charge in [0.15, 0.2) is 0 Å². The summed E-state index contributed by atoms with van der Waals surface area (Å²) in [5.74, 6) is 0. The van der Waals surface area contributed by atoms with Gasteiger partial charge in [0.25, 0.3) is 0 Å². The smallest absolute Gasteiger partial charge is 0.0688 e. The van der Waals surface area contributed by atoms with Crippen LogP contribution in [-0.2, 0) is 0 Å². The van der Waals surface area contributed by atoms with Gasteiger partial charge in [-0.3, -0.25) is 0 Å². The maximum atomic E-state index is 3.67. The van der Waals surface area contributed by atoms with Crippen molar-refractivity contribution >= 4 is 27.3 Å². The summed E-state index contributed by atoms with van der Waals surface area (Å²) in [5.41, 5.74) is 4.91. The fraction of sp³-hybridized carbons (Fsp3) is 0.182. The molecule has 0 amide bonds. The van der Waals surface area contributed by atoms with E-state index in [2.05, 4.69) is 119 Å². The molecule has 0 saturated carbocycles. The molecule has 3 aromatic carbocycles. The second kappa shape index (κ2) is 8.21. The second-order valence-electron chi connectivity index (χ2n) is 6.33. The fourth-order valence-corrected chi connectivity index (χ4v) is 3.11. The molecular weight excluding hydrogens is 372 g/mol. The lowest BCUT2D eigenvalue weighted by atomic mass is 10.1. The molecular formula is C22H23BrN2. The van der Waals surface area contributed by atoms with Crippen molar-refractivity contribution in [2.24, 2.45) is 0 Å². The molecule has 25 heavy (non-hydrogen) atoms. The van der Waals surface area contributed by atoms with Crippen molar-refractivity contribution in [3.05, 3.63) is 94.5 Å². The van der Waals surface area contributed by atoms with Gasteiger partial charge in [0.05, 0.1) is 6.04 Å². The van der Waals surface area contributed by atoms with Crippen LogP contribution in [0.1, 0.15) is 17.2 Å². The minimum atomic E-state index is 0.202. The van der Waals surface area contributed by atoms with Gasteiger partial charge in [0.1, 0.15) is 0 Å². The highest BCUT2D eigenvalue weighted by molar-refractivity contribution is 9.10. The number of anilines is 2. The van der Waals surface area contributed by atoms with Crippen LogP contribution in [0.3, 0.4) is 0 Å². The molecule has 0 fully saturated rings. The molecule has 0 bridgehead atoms. The van der Waals surface area contributed by atoms with Crippen molar-refractivity contribution in [3.8, 4) is 0 Å². The van der Waals surface area contributed by atoms with Crippen molar-refractivity contribution in [1.82, 2.24) is 0 Å². The standard InChI is InChI=1S/C22H23BrN2/c1-17-8-14-21(15-9-17)25(2)16-22(18-6-4-3-5-7-18)24-20-12-10-19(23)11-13-20/h3-15,22,24H,16H2,1-2H3. The van der Waals surface area contributed by atoms with Crippen LogP contribution in [0.5, 0.6) is 0 Å². The predicted molar refractivity (Wildman–Crippen MR) is 111 cm³/mol. The molecule has 0 saturated heterocycles. The molecule has 0 aliphatic rings. The zero-order chi connectivity index (χ0) is 17.6. The molecule has 3 heteroatoms. The third kappa shape index (κ3) is 4.86. The summed E-state index contributed by atoms with van der Waals surface area (Å²) >= 11 is 3.50. The fourth-order valence-electron chi connectivity index (χ4n) is 2.85. The highest BCUT2D eigenvalue weighted by Crippen LogP contribution is 2.24. The summed E-state index contributed by atoms with van der Waals surface area (Å²) in [5, 5.41) is 3.67. The van der Waals surface area contributed by atoms with Crippen LogP contribution in [0.15, 0.2) is 83.3 Å². The topological polar surface area (TPSA) is 15.3 Å². The van der Waals surface area contributed by atoms with E-state index in [1.165, 1.54) is 16.8 Å². The number of likely N-dealkylation sites (N-methyl/N-ethyl adjacent to an activating group) is 1. The molecule has 0 aliphatic heterocycles. The van der Waals surface area contributed by atoms with Crippen molar-refractivity contribution in [2.75, 3.05) is 23.8 Å². The Morgan fingerprint density at radius 1 is 0.880 bits per heavy atom. The minimum Gasteiger partial charge on any atom is -0.376 e. The molecule has 2 nitrogen and oxygen atoms in total. The molecule has 0 spiro atoms. The molecule has 0 heterocycles. The monoisotopic (exact) mass is 394 g/mol. The Hall–Kier alpha value is -2.26. The van der Waals surface area contributed by atoms with Gasteiger partial charge in [-0.05, 0) is 48.9 Å². The first-order chi connectivity index (χ1) is 12.1. The summed E-state index contributed by atoms with van der Waals surface area (Å²) in [6, 6.07) is 27.8. The van der Waals surface area contributed by atoms with Gasteiger partial charge in [0.2, 0.25) is 0 Å². The van der Waals surface area contributed by atoms with Crippen molar-refractivity contribution < 1.29 is 0 Å². The van der Waals surface area contributed by atoms with Crippen LogP contribution in [0, 0.1) is 6.92 Å². The first kappa shape index (κ1) is 17.6. The average molecular weight is 395 g/mol. The van der Waals surface area contributed by atoms with Crippen LogP contribution in [0.2, 0.25) is 0 Å². The lowest BCUT2D eigenvalue weighted by Crippen LogP contribution is -2.28. The molecule has 3 aromatic rings. The van der Waals surface area contributed by atoms with Crippen molar-refractivity contribution in [1.29, 1.82) is 0 Å². The van der Waals surface area contributed by atoms with E-state index in [1.54, 1.807) is 0 Å². The van der Waals surface area contributed by atoms with E-state index in [1.807, 2.05) is 0 Å². The van der Waals surface area contributed by atoms with Gasteiger partial charge < -0.3 is 10.2 Å². The Bertz CT molecular complexity index is 783. The first-order valence-corrected chi connectivity index (χ1v) is 9.26. The van der Waals surface area contributed by atoms with E-state index >= 15 is 0 Å². The Morgan fingerprint density at radius 2 is 1.52 bits per heavy atom. The molecule has 1 unspecified atom stereocenters. The second-order valence-corrected chi connectivity index (χ2v) is 7.25. The Morgan fingerprint density at radius 3 is 2.16 bits per heavy atom. The maximum absolute atomic E-state index is 3.67. The zero-order valence-electron chi connectivity index (χ0n) is 14.6. The largest absolute Gasteiger partial charge is 0.376 e. The highest BCUT2D eigenvalue weighted by atomic mass is 79.9. The van der Waals surface area contributed by atoms with E-state index in [-0.39, 0.29) is 6.04 Å². The summed E-state index contributed by atoms with van der Waals surface area (Å²) in [4.78, 5) is 2.29. The van der Waals surface area contributed by atoms with Crippen LogP contribution >= 0.6 is 15.9 Å². The van der Waals surface area contributed by atoms with Gasteiger partial charge in [-0.2, -0.15) is 0 Å². The van der Waals surface area contributed by atoms with Gasteiger partial charge in [-0.1, -0.05) is 64.0 Å². The van der Waals surface area contributed by atoms with Crippen LogP contribution in [0.25, 0.3) is 0 Å². The molecule has 0 aliphatic carbocycles. The highest BCUT2D eigenvalue weighted by Gasteiger charge is 2.14. The number of hydrogen-bond donors (Lipinski definition) is 1. The van der Waals surface area contributed by atoms with E-state index in [9.17, 15) is 0 Å². The molecule has 0 aromatic heterocycles. The number of aryl methyl sites for hydroxylation is 1. The van der Waals surface area contributed by atoms with Crippen molar-refractivity contribution in [2.45, 2.75) is 13.0 Å². The third-order valence-corrected chi connectivity index (χ3v) is 4.85. The Kier molecular flexibility index (Phi) is 5.77. The normalized spacial score (nSPS) is 11.8. The molecule has 3 rings (SSSR count). The maximum Gasteiger partial charge on any atom is 0.0688 e. The Labute approximate surface area is 158 Å². The van der Waals surface area contributed by atoms with E-state index < -0.39 is 0 Å². The molecule has 128 valence electrons. The van der Waals surface area contributed by atoms with E-state index in [0.717, 1.165) is 16.7 Å². The van der Waals surface area contributed by atoms with Gasteiger partial charge in [-0.25, -0.2) is 0 Å². The van der Waals surface area contributed by atoms with Crippen molar-refractivity contribution in [3.63, 3.8) is 0 Å². The lowest BCUT2D eigenvalue weighted by Gasteiger charge is -2.28. The van der Waals surface area contributed by atoms with E-state index in [0.29, 0.717) is 0 Å². The SMILES string of the molecule is Cc1ccc(N(C)CC(Nc2ccc(Br)cc2)c2ccccc2)cc1. The van der Waals surface area contributed by atoms with Gasteiger partial charge >= 0.3 is 0 Å². The predicted octanol–water partition coefficient (Wildman–Crippen LogP) is 6.05. The van der Waals surface area contributed by atoms with Gasteiger partial charge in [0, 0.05) is 29.4 Å². The number of benzene rings is 3. The molecule has 0 radical (unpaired) electrons. The molecule has 1 N–H and O–H groups in total. The van der Waals surface area contributed by atoms with E-state index in [4.69, 9.17) is 0 Å². The van der Waals surface area contributed by atoms with Gasteiger partial charge in [-0.15, -0.1) is 0 Å². The number of nitrogens with zero attached hydrogens (tertiary/aromatic N) is 1. The number of hydrogen-bond acceptors (Lipinski definition) is 2. The third-order valence-electron chi connectivity index (χ3n) is 4.32. The number of nitrogens with one attached hydrogen (secondary N) is 1.